The van der Waals surface area contributed by atoms with E-state index < -0.39 is 22.1 Å². The van der Waals surface area contributed by atoms with Gasteiger partial charge in [0.15, 0.2) is 0 Å². The molecule has 0 aliphatic rings. The fourth-order valence-electron chi connectivity index (χ4n) is 3.07. The molecule has 166 valence electrons. The molecule has 0 saturated carbocycles. The van der Waals surface area contributed by atoms with Crippen molar-refractivity contribution in [1.29, 1.82) is 0 Å². The molecule has 2 aromatic rings. The van der Waals surface area contributed by atoms with Crippen LogP contribution in [0.4, 0.5) is 0 Å². The monoisotopic (exact) mass is 460 g/mol. The molecule has 31 heavy (non-hydrogen) atoms. The normalized spacial score (nSPS) is 10.9. The number of carbonyl (C=O) groups is 2. The van der Waals surface area contributed by atoms with Gasteiger partial charge in [-0.15, -0.1) is 0 Å². The average Bonchev–Trinajstić information content (AvgIpc) is 2.68. The fraction of sp³-hybridized carbons (Fsp3) is 0.364. The van der Waals surface area contributed by atoms with Crippen LogP contribution in [0.15, 0.2) is 47.4 Å². The molecule has 0 aliphatic heterocycles. The minimum absolute atomic E-state index is 0. The first kappa shape index (κ1) is 29.3. The van der Waals surface area contributed by atoms with Gasteiger partial charge in [-0.2, -0.15) is 8.42 Å². The van der Waals surface area contributed by atoms with Crippen molar-refractivity contribution in [3.8, 4) is 0 Å². The van der Waals surface area contributed by atoms with Crippen molar-refractivity contribution in [2.24, 2.45) is 0 Å². The number of carboxylic acids is 2. The van der Waals surface area contributed by atoms with Gasteiger partial charge in [0.2, 0.25) is 0 Å². The van der Waals surface area contributed by atoms with Crippen molar-refractivity contribution in [1.82, 2.24) is 0 Å². The number of unbranched alkanes of at least 4 members (excludes halogenated alkanes) is 2. The van der Waals surface area contributed by atoms with Crippen molar-refractivity contribution in [3.63, 3.8) is 0 Å². The molecule has 0 atom stereocenters. The van der Waals surface area contributed by atoms with E-state index in [1.165, 1.54) is 0 Å². The molecule has 0 saturated heterocycles. The van der Waals surface area contributed by atoms with Gasteiger partial charge < -0.3 is 10.2 Å². The predicted octanol–water partition coefficient (Wildman–Crippen LogP) is 3.84. The third kappa shape index (κ3) is 9.97. The Labute approximate surface area is 205 Å². The van der Waals surface area contributed by atoms with E-state index in [0.29, 0.717) is 24.0 Å². The summed E-state index contributed by atoms with van der Waals surface area (Å²) in [6.07, 6.45) is 6.64. The number of aryl methyl sites for hydroxylation is 1. The number of benzene rings is 2. The second-order valence-corrected chi connectivity index (χ2v) is 8.11. The molecule has 0 aromatic heterocycles. The summed E-state index contributed by atoms with van der Waals surface area (Å²) < 4.78 is 33.8. The Morgan fingerprint density at radius 2 is 1.45 bits per heavy atom. The second kappa shape index (κ2) is 14.4. The summed E-state index contributed by atoms with van der Waals surface area (Å²) in [5, 5.41) is 17.1. The summed E-state index contributed by atoms with van der Waals surface area (Å²) in [7, 11) is -4.24. The molecule has 7 nitrogen and oxygen atoms in total. The summed E-state index contributed by atoms with van der Waals surface area (Å²) in [6.45, 7) is 4.20. The summed E-state index contributed by atoms with van der Waals surface area (Å²) in [5.74, 6) is -2.51. The molecule has 0 heterocycles. The van der Waals surface area contributed by atoms with E-state index in [0.717, 1.165) is 48.6 Å². The van der Waals surface area contributed by atoms with Crippen LogP contribution in [-0.4, -0.2) is 64.7 Å². The number of aliphatic carboxylic acids is 2. The first-order chi connectivity index (χ1) is 14.1. The number of hydrogen-bond donors (Lipinski definition) is 3. The Hall–Kier alpha value is -1.71. The number of fused-ring (bicyclic) bond motifs is 1. The molecule has 0 fully saturated rings. The van der Waals surface area contributed by atoms with E-state index in [2.05, 4.69) is 19.9 Å². The van der Waals surface area contributed by atoms with E-state index in [9.17, 15) is 22.6 Å². The van der Waals surface area contributed by atoms with E-state index >= 15 is 0 Å². The molecular weight excluding hydrogens is 431 g/mol. The molecule has 0 aliphatic carbocycles. The first-order valence-corrected chi connectivity index (χ1v) is 11.2. The van der Waals surface area contributed by atoms with Crippen LogP contribution in [0.1, 0.15) is 50.7 Å². The van der Waals surface area contributed by atoms with E-state index in [-0.39, 0.29) is 34.5 Å². The van der Waals surface area contributed by atoms with Gasteiger partial charge in [0.25, 0.3) is 10.1 Å². The van der Waals surface area contributed by atoms with Crippen LogP contribution in [0.5, 0.6) is 0 Å². The van der Waals surface area contributed by atoms with Crippen LogP contribution >= 0.6 is 0 Å². The van der Waals surface area contributed by atoms with Gasteiger partial charge in [0, 0.05) is 17.5 Å². The maximum atomic E-state index is 12.0. The van der Waals surface area contributed by atoms with Crippen molar-refractivity contribution in [2.75, 3.05) is 0 Å². The van der Waals surface area contributed by atoms with Crippen LogP contribution in [0.3, 0.4) is 0 Å². The zero-order valence-electron chi connectivity index (χ0n) is 17.2. The predicted molar refractivity (Wildman–Crippen MR) is 123 cm³/mol. The number of hydrogen-bond acceptors (Lipinski definition) is 4. The number of rotatable bonds is 9. The molecule has 0 spiro atoms. The molecule has 0 amide bonds. The first-order valence-electron chi connectivity index (χ1n) is 9.76. The van der Waals surface area contributed by atoms with Gasteiger partial charge in [-0.3, -0.25) is 4.55 Å². The zero-order chi connectivity index (χ0) is 22.7. The summed E-state index contributed by atoms with van der Waals surface area (Å²) >= 11 is 0. The summed E-state index contributed by atoms with van der Waals surface area (Å²) in [6, 6.07) is 9.48. The molecule has 0 unspecified atom stereocenters. The minimum atomic E-state index is -4.24. The molecule has 0 bridgehead atoms. The molecule has 0 radical (unpaired) electrons. The van der Waals surface area contributed by atoms with Crippen molar-refractivity contribution >= 4 is 62.4 Å². The van der Waals surface area contributed by atoms with Gasteiger partial charge in [0.05, 0.1) is 0 Å². The van der Waals surface area contributed by atoms with Gasteiger partial charge in [0.1, 0.15) is 4.90 Å². The fourth-order valence-corrected chi connectivity index (χ4v) is 4.08. The van der Waals surface area contributed by atoms with Crippen LogP contribution in [0.25, 0.3) is 10.8 Å². The second-order valence-electron chi connectivity index (χ2n) is 6.76. The quantitative estimate of drug-likeness (QED) is 0.295. The topological polar surface area (TPSA) is 129 Å². The van der Waals surface area contributed by atoms with Crippen LogP contribution in [-0.2, 0) is 32.5 Å². The van der Waals surface area contributed by atoms with E-state index in [4.69, 9.17) is 10.2 Å². The third-order valence-corrected chi connectivity index (χ3v) is 5.39. The summed E-state index contributed by atoms with van der Waals surface area (Å²) in [4.78, 5) is 19.2. The number of carboxylic acid groups (broad SMARTS) is 2. The molecule has 2 aromatic carbocycles. The van der Waals surface area contributed by atoms with Gasteiger partial charge in [-0.05, 0) is 42.2 Å². The Bertz CT molecular complexity index is 998. The summed E-state index contributed by atoms with van der Waals surface area (Å²) in [5.41, 5.74) is 1.86. The zero-order valence-corrected chi connectivity index (χ0v) is 18.0. The average molecular weight is 461 g/mol. The molecule has 3 N–H and O–H groups in total. The Kier molecular flexibility index (Phi) is 13.6. The molecular formula is C22H29NaO7S. The van der Waals surface area contributed by atoms with Crippen LogP contribution in [0, 0.1) is 0 Å². The van der Waals surface area contributed by atoms with Crippen LogP contribution in [0.2, 0.25) is 0 Å². The van der Waals surface area contributed by atoms with Crippen molar-refractivity contribution < 1.29 is 32.8 Å². The van der Waals surface area contributed by atoms with Gasteiger partial charge in [-0.25, -0.2) is 9.59 Å². The Morgan fingerprint density at radius 3 is 1.94 bits per heavy atom. The van der Waals surface area contributed by atoms with Crippen molar-refractivity contribution in [3.05, 3.63) is 53.6 Å². The van der Waals surface area contributed by atoms with Gasteiger partial charge in [-0.1, -0.05) is 57.0 Å². The van der Waals surface area contributed by atoms with Crippen molar-refractivity contribution in [2.45, 2.75) is 57.3 Å². The van der Waals surface area contributed by atoms with Gasteiger partial charge >= 0.3 is 41.5 Å². The van der Waals surface area contributed by atoms with Crippen LogP contribution < -0.4 is 0 Å². The Balaban J connectivity index is 0.000000858. The van der Waals surface area contributed by atoms with E-state index in [1.54, 1.807) is 6.07 Å². The molecule has 9 heteroatoms. The van der Waals surface area contributed by atoms with E-state index in [1.807, 2.05) is 18.2 Å². The maximum absolute atomic E-state index is 12.0. The molecule has 2 rings (SSSR count). The standard InChI is InChI=1S/C18H24O3S.C4H4O4.Na.H/c1-3-5-9-14-13-15-10-7-8-12-17(15)18(22(19,20)21)16(14)11-6-4-2;5-3(6)1-2-4(7)8;;/h7-8,10,12-13H,3-6,9,11H2,1-2H3,(H,19,20,21);1-2H,(H,5,6)(H,7,8);;/b;2-1+;;. The Morgan fingerprint density at radius 1 is 0.935 bits per heavy atom. The SMILES string of the molecule is CCCCc1cc2ccccc2c(S(=O)(=O)O)c1CCCC.O=C(O)/C=C/C(=O)O.[NaH]. The third-order valence-electron chi connectivity index (χ3n) is 4.40.